The van der Waals surface area contributed by atoms with E-state index in [0.717, 1.165) is 15.6 Å². The van der Waals surface area contributed by atoms with E-state index in [1.165, 1.54) is 0 Å². The second kappa shape index (κ2) is 7.96. The minimum Gasteiger partial charge on any atom is -0.465 e. The van der Waals surface area contributed by atoms with Gasteiger partial charge in [-0.15, -0.1) is 0 Å². The van der Waals surface area contributed by atoms with Crippen LogP contribution in [0.1, 0.15) is 24.1 Å². The molecule has 0 aliphatic heterocycles. The Kier molecular flexibility index (Phi) is 5.96. The molecule has 0 aliphatic rings. The third kappa shape index (κ3) is 4.69. The number of ether oxygens (including phenoxy) is 1. The number of benzene rings is 2. The second-order valence-electron chi connectivity index (χ2n) is 4.61. The maximum Gasteiger partial charge on any atom is 0.327 e. The molecule has 0 saturated carbocycles. The van der Waals surface area contributed by atoms with E-state index in [1.54, 1.807) is 0 Å². The predicted octanol–water partition coefficient (Wildman–Crippen LogP) is 3.84. The van der Waals surface area contributed by atoms with Crippen molar-refractivity contribution < 1.29 is 9.53 Å². The fourth-order valence-electron chi connectivity index (χ4n) is 2.06. The molecule has 21 heavy (non-hydrogen) atoms. The molecule has 4 heteroatoms. The topological polar surface area (TPSA) is 38.3 Å². The maximum atomic E-state index is 12.2. The van der Waals surface area contributed by atoms with Gasteiger partial charge in [0.1, 0.15) is 6.04 Å². The predicted molar refractivity (Wildman–Crippen MR) is 86.8 cm³/mol. The van der Waals surface area contributed by atoms with Crippen LogP contribution in [0, 0.1) is 0 Å². The SMILES string of the molecule is CCOC(=O)C(NCc1ccccc1)c1cccc(Br)c1. The smallest absolute Gasteiger partial charge is 0.327 e. The summed E-state index contributed by atoms with van der Waals surface area (Å²) in [5.74, 6) is -0.258. The maximum absolute atomic E-state index is 12.2. The first-order valence-electron chi connectivity index (χ1n) is 6.90. The summed E-state index contributed by atoms with van der Waals surface area (Å²) in [6, 6.07) is 17.2. The number of halogens is 1. The van der Waals surface area contributed by atoms with Crippen LogP contribution < -0.4 is 5.32 Å². The van der Waals surface area contributed by atoms with Gasteiger partial charge in [-0.25, -0.2) is 4.79 Å². The van der Waals surface area contributed by atoms with Gasteiger partial charge in [0.05, 0.1) is 6.61 Å². The van der Waals surface area contributed by atoms with Crippen LogP contribution in [0.3, 0.4) is 0 Å². The molecule has 0 bridgehead atoms. The van der Waals surface area contributed by atoms with Gasteiger partial charge in [0.2, 0.25) is 0 Å². The molecule has 0 aliphatic carbocycles. The summed E-state index contributed by atoms with van der Waals surface area (Å²) in [5, 5.41) is 3.27. The van der Waals surface area contributed by atoms with Gasteiger partial charge < -0.3 is 4.74 Å². The van der Waals surface area contributed by atoms with Crippen LogP contribution in [0.2, 0.25) is 0 Å². The third-order valence-corrected chi connectivity index (χ3v) is 3.55. The summed E-state index contributed by atoms with van der Waals surface area (Å²) in [6.07, 6.45) is 0. The second-order valence-corrected chi connectivity index (χ2v) is 5.52. The van der Waals surface area contributed by atoms with E-state index in [1.807, 2.05) is 61.5 Å². The van der Waals surface area contributed by atoms with E-state index in [9.17, 15) is 4.79 Å². The average molecular weight is 348 g/mol. The normalized spacial score (nSPS) is 11.9. The monoisotopic (exact) mass is 347 g/mol. The Morgan fingerprint density at radius 1 is 1.19 bits per heavy atom. The number of esters is 1. The number of rotatable bonds is 6. The quantitative estimate of drug-likeness (QED) is 0.806. The van der Waals surface area contributed by atoms with Crippen molar-refractivity contribution in [2.45, 2.75) is 19.5 Å². The van der Waals surface area contributed by atoms with Gasteiger partial charge >= 0.3 is 5.97 Å². The molecule has 0 amide bonds. The van der Waals surface area contributed by atoms with Crippen molar-refractivity contribution in [3.63, 3.8) is 0 Å². The first kappa shape index (κ1) is 15.7. The zero-order valence-electron chi connectivity index (χ0n) is 11.9. The van der Waals surface area contributed by atoms with Gasteiger partial charge in [-0.1, -0.05) is 58.4 Å². The number of hydrogen-bond donors (Lipinski definition) is 1. The van der Waals surface area contributed by atoms with Crippen molar-refractivity contribution >= 4 is 21.9 Å². The van der Waals surface area contributed by atoms with E-state index >= 15 is 0 Å². The largest absolute Gasteiger partial charge is 0.465 e. The summed E-state index contributed by atoms with van der Waals surface area (Å²) < 4.78 is 6.11. The summed E-state index contributed by atoms with van der Waals surface area (Å²) in [6.45, 7) is 2.79. The number of nitrogens with one attached hydrogen (secondary N) is 1. The minimum atomic E-state index is -0.470. The molecule has 1 N–H and O–H groups in total. The molecular formula is C17H18BrNO2. The number of carbonyl (C=O) groups excluding carboxylic acids is 1. The Labute approximate surface area is 133 Å². The Bertz CT molecular complexity index is 586. The van der Waals surface area contributed by atoms with E-state index in [0.29, 0.717) is 13.2 Å². The first-order valence-corrected chi connectivity index (χ1v) is 7.69. The molecule has 0 spiro atoms. The number of hydrogen-bond acceptors (Lipinski definition) is 3. The summed E-state index contributed by atoms with van der Waals surface area (Å²) >= 11 is 3.43. The van der Waals surface area contributed by atoms with E-state index < -0.39 is 6.04 Å². The van der Waals surface area contributed by atoms with Crippen molar-refractivity contribution in [1.82, 2.24) is 5.32 Å². The molecule has 2 aromatic rings. The van der Waals surface area contributed by atoms with Crippen LogP contribution in [0.15, 0.2) is 59.1 Å². The van der Waals surface area contributed by atoms with Gasteiger partial charge in [-0.2, -0.15) is 0 Å². The van der Waals surface area contributed by atoms with Gasteiger partial charge in [-0.3, -0.25) is 5.32 Å². The van der Waals surface area contributed by atoms with Crippen molar-refractivity contribution in [2.75, 3.05) is 6.61 Å². The lowest BCUT2D eigenvalue weighted by molar-refractivity contribution is -0.145. The fourth-order valence-corrected chi connectivity index (χ4v) is 2.48. The van der Waals surface area contributed by atoms with Crippen LogP contribution in [0.4, 0.5) is 0 Å². The van der Waals surface area contributed by atoms with E-state index in [-0.39, 0.29) is 5.97 Å². The molecule has 1 unspecified atom stereocenters. The molecule has 0 heterocycles. The summed E-state index contributed by atoms with van der Waals surface area (Å²) in [4.78, 5) is 12.2. The lowest BCUT2D eigenvalue weighted by Gasteiger charge is -2.18. The van der Waals surface area contributed by atoms with Gasteiger partial charge in [0.15, 0.2) is 0 Å². The van der Waals surface area contributed by atoms with Crippen molar-refractivity contribution in [3.05, 3.63) is 70.2 Å². The highest BCUT2D eigenvalue weighted by Gasteiger charge is 2.21. The molecule has 2 rings (SSSR count). The Morgan fingerprint density at radius 3 is 2.62 bits per heavy atom. The molecule has 110 valence electrons. The van der Waals surface area contributed by atoms with Crippen LogP contribution >= 0.6 is 15.9 Å². The molecule has 3 nitrogen and oxygen atoms in total. The van der Waals surface area contributed by atoms with Crippen molar-refractivity contribution in [2.24, 2.45) is 0 Å². The average Bonchev–Trinajstić information content (AvgIpc) is 2.49. The molecule has 2 aromatic carbocycles. The van der Waals surface area contributed by atoms with E-state index in [4.69, 9.17) is 4.74 Å². The molecule has 0 aromatic heterocycles. The molecular weight excluding hydrogens is 330 g/mol. The lowest BCUT2D eigenvalue weighted by atomic mass is 10.1. The Morgan fingerprint density at radius 2 is 1.95 bits per heavy atom. The van der Waals surface area contributed by atoms with Crippen LogP contribution in [-0.4, -0.2) is 12.6 Å². The highest BCUT2D eigenvalue weighted by Crippen LogP contribution is 2.20. The van der Waals surface area contributed by atoms with Crippen molar-refractivity contribution in [1.29, 1.82) is 0 Å². The summed E-state index contributed by atoms with van der Waals surface area (Å²) in [7, 11) is 0. The molecule has 0 fully saturated rings. The molecule has 0 saturated heterocycles. The molecule has 0 radical (unpaired) electrons. The zero-order chi connectivity index (χ0) is 15.1. The van der Waals surface area contributed by atoms with Crippen LogP contribution in [0.25, 0.3) is 0 Å². The van der Waals surface area contributed by atoms with Crippen LogP contribution in [-0.2, 0) is 16.1 Å². The molecule has 1 atom stereocenters. The lowest BCUT2D eigenvalue weighted by Crippen LogP contribution is -2.30. The third-order valence-electron chi connectivity index (χ3n) is 3.06. The Balaban J connectivity index is 2.14. The van der Waals surface area contributed by atoms with Crippen molar-refractivity contribution in [3.8, 4) is 0 Å². The fraction of sp³-hybridized carbons (Fsp3) is 0.235. The summed E-state index contributed by atoms with van der Waals surface area (Å²) in [5.41, 5.74) is 2.01. The van der Waals surface area contributed by atoms with Crippen LogP contribution in [0.5, 0.6) is 0 Å². The number of carbonyl (C=O) groups is 1. The highest BCUT2D eigenvalue weighted by atomic mass is 79.9. The highest BCUT2D eigenvalue weighted by molar-refractivity contribution is 9.10. The minimum absolute atomic E-state index is 0.258. The zero-order valence-corrected chi connectivity index (χ0v) is 13.5. The Hall–Kier alpha value is -1.65. The van der Waals surface area contributed by atoms with Gasteiger partial charge in [0.25, 0.3) is 0 Å². The van der Waals surface area contributed by atoms with Gasteiger partial charge in [-0.05, 0) is 30.2 Å². The first-order chi connectivity index (χ1) is 10.2. The van der Waals surface area contributed by atoms with E-state index in [2.05, 4.69) is 21.2 Å². The van der Waals surface area contributed by atoms with Gasteiger partial charge in [0, 0.05) is 11.0 Å². The standard InChI is InChI=1S/C17H18BrNO2/c1-2-21-17(20)16(14-9-6-10-15(18)11-14)19-12-13-7-4-3-5-8-13/h3-11,16,19H,2,12H2,1H3.